The maximum Gasteiger partial charge on any atom is 0.146 e. The molecule has 0 fully saturated rings. The van der Waals surface area contributed by atoms with Crippen LogP contribution in [0.25, 0.3) is 16.9 Å². The smallest absolute Gasteiger partial charge is 0.146 e. The monoisotopic (exact) mass is 307 g/mol. The van der Waals surface area contributed by atoms with Gasteiger partial charge in [-0.05, 0) is 40.2 Å². The molecule has 0 saturated carbocycles. The van der Waals surface area contributed by atoms with E-state index in [-0.39, 0.29) is 0 Å². The molecule has 17 heavy (non-hydrogen) atoms. The zero-order chi connectivity index (χ0) is 11.8. The number of halogens is 2. The van der Waals surface area contributed by atoms with Crippen LogP contribution in [0.15, 0.2) is 47.5 Å². The lowest BCUT2D eigenvalue weighted by Crippen LogP contribution is -1.89. The molecule has 3 heterocycles. The summed E-state index contributed by atoms with van der Waals surface area (Å²) in [7, 11) is 0. The number of rotatable bonds is 1. The van der Waals surface area contributed by atoms with Crippen LogP contribution in [0.2, 0.25) is 5.02 Å². The van der Waals surface area contributed by atoms with Crippen molar-refractivity contribution in [2.45, 2.75) is 0 Å². The molecule has 0 aliphatic heterocycles. The molecule has 0 N–H and O–H groups in total. The van der Waals surface area contributed by atoms with Gasteiger partial charge in [0.25, 0.3) is 0 Å². The Hall–Kier alpha value is -1.39. The average molecular weight is 309 g/mol. The van der Waals surface area contributed by atoms with Crippen molar-refractivity contribution in [1.82, 2.24) is 14.4 Å². The zero-order valence-corrected chi connectivity index (χ0v) is 11.0. The fraction of sp³-hybridized carbons (Fsp3) is 0. The predicted octanol–water partition coefficient (Wildman–Crippen LogP) is 3.81. The fourth-order valence-corrected chi connectivity index (χ4v) is 2.38. The standard InChI is InChI=1S/C12H7BrClN3/c13-11-10-2-1-9(14)7-17(10)12(16-11)8-3-5-15-6-4-8/h1-7H. The lowest BCUT2D eigenvalue weighted by molar-refractivity contribution is 1.15. The topological polar surface area (TPSA) is 30.2 Å². The van der Waals surface area contributed by atoms with Crippen LogP contribution in [0.5, 0.6) is 0 Å². The van der Waals surface area contributed by atoms with Crippen molar-refractivity contribution in [1.29, 1.82) is 0 Å². The summed E-state index contributed by atoms with van der Waals surface area (Å²) in [4.78, 5) is 8.49. The molecule has 0 saturated heterocycles. The van der Waals surface area contributed by atoms with Gasteiger partial charge in [-0.2, -0.15) is 0 Å². The summed E-state index contributed by atoms with van der Waals surface area (Å²) in [5.74, 6) is 0.844. The Morgan fingerprint density at radius 2 is 1.88 bits per heavy atom. The van der Waals surface area contributed by atoms with Gasteiger partial charge in [-0.15, -0.1) is 0 Å². The second-order valence-corrected chi connectivity index (χ2v) is 4.75. The molecular weight excluding hydrogens is 302 g/mol. The van der Waals surface area contributed by atoms with Crippen molar-refractivity contribution in [2.75, 3.05) is 0 Å². The first-order valence-electron chi connectivity index (χ1n) is 4.99. The van der Waals surface area contributed by atoms with Crippen LogP contribution in [-0.2, 0) is 0 Å². The van der Waals surface area contributed by atoms with E-state index in [9.17, 15) is 0 Å². The van der Waals surface area contributed by atoms with Crippen molar-refractivity contribution in [3.05, 3.63) is 52.5 Å². The number of aromatic nitrogens is 3. The van der Waals surface area contributed by atoms with Crippen LogP contribution >= 0.6 is 27.5 Å². The Labute approximate surface area is 111 Å². The first-order chi connectivity index (χ1) is 8.25. The van der Waals surface area contributed by atoms with Gasteiger partial charge >= 0.3 is 0 Å². The molecule has 0 bridgehead atoms. The Bertz CT molecular complexity index is 679. The third-order valence-corrected chi connectivity index (χ3v) is 3.30. The van der Waals surface area contributed by atoms with Crippen LogP contribution in [0.1, 0.15) is 0 Å². The van der Waals surface area contributed by atoms with E-state index in [1.807, 2.05) is 34.9 Å². The minimum Gasteiger partial charge on any atom is -0.297 e. The second kappa shape index (κ2) is 4.13. The maximum absolute atomic E-state index is 6.01. The molecule has 5 heteroatoms. The third kappa shape index (κ3) is 1.83. The maximum atomic E-state index is 6.01. The van der Waals surface area contributed by atoms with E-state index in [2.05, 4.69) is 25.9 Å². The summed E-state index contributed by atoms with van der Waals surface area (Å²) in [5, 5.41) is 0.678. The van der Waals surface area contributed by atoms with Gasteiger partial charge in [0.1, 0.15) is 10.4 Å². The number of fused-ring (bicyclic) bond motifs is 1. The van der Waals surface area contributed by atoms with E-state index >= 15 is 0 Å². The summed E-state index contributed by atoms with van der Waals surface area (Å²) in [6.45, 7) is 0. The highest BCUT2D eigenvalue weighted by atomic mass is 79.9. The lowest BCUT2D eigenvalue weighted by Gasteiger charge is -2.01. The Morgan fingerprint density at radius 3 is 2.65 bits per heavy atom. The molecule has 0 atom stereocenters. The third-order valence-electron chi connectivity index (χ3n) is 2.49. The molecule has 3 nitrogen and oxygen atoms in total. The van der Waals surface area contributed by atoms with Crippen LogP contribution < -0.4 is 0 Å². The summed E-state index contributed by atoms with van der Waals surface area (Å²) in [6, 6.07) is 7.62. The van der Waals surface area contributed by atoms with Gasteiger partial charge in [0.05, 0.1) is 10.5 Å². The van der Waals surface area contributed by atoms with Crippen LogP contribution in [0.3, 0.4) is 0 Å². The molecule has 3 rings (SSSR count). The molecule has 0 unspecified atom stereocenters. The fourth-order valence-electron chi connectivity index (χ4n) is 1.73. The second-order valence-electron chi connectivity index (χ2n) is 3.56. The molecule has 0 amide bonds. The van der Waals surface area contributed by atoms with Gasteiger partial charge in [-0.3, -0.25) is 9.38 Å². The number of hydrogen-bond acceptors (Lipinski definition) is 2. The molecule has 3 aromatic rings. The highest BCUT2D eigenvalue weighted by Gasteiger charge is 2.10. The first kappa shape index (κ1) is 10.7. The summed E-state index contributed by atoms with van der Waals surface area (Å²) >= 11 is 9.46. The van der Waals surface area contributed by atoms with E-state index in [0.29, 0.717) is 5.02 Å². The van der Waals surface area contributed by atoms with Gasteiger partial charge in [0, 0.05) is 24.2 Å². The van der Waals surface area contributed by atoms with Gasteiger partial charge in [-0.25, -0.2) is 4.98 Å². The normalized spacial score (nSPS) is 10.9. The largest absolute Gasteiger partial charge is 0.297 e. The highest BCUT2D eigenvalue weighted by molar-refractivity contribution is 9.10. The van der Waals surface area contributed by atoms with E-state index in [1.165, 1.54) is 0 Å². The van der Waals surface area contributed by atoms with E-state index in [0.717, 1.165) is 21.5 Å². The molecule has 3 aromatic heterocycles. The van der Waals surface area contributed by atoms with E-state index in [4.69, 9.17) is 11.6 Å². The molecule has 0 aromatic carbocycles. The molecular formula is C12H7BrClN3. The number of hydrogen-bond donors (Lipinski definition) is 0. The molecule has 0 spiro atoms. The van der Waals surface area contributed by atoms with Crippen LogP contribution in [0, 0.1) is 0 Å². The van der Waals surface area contributed by atoms with Crippen molar-refractivity contribution in [3.8, 4) is 11.4 Å². The Kier molecular flexibility index (Phi) is 2.61. The number of imidazole rings is 1. The van der Waals surface area contributed by atoms with Gasteiger partial charge in [-0.1, -0.05) is 11.6 Å². The quantitative estimate of drug-likeness (QED) is 0.684. The molecule has 0 aliphatic carbocycles. The number of nitrogens with zero attached hydrogens (tertiary/aromatic N) is 3. The van der Waals surface area contributed by atoms with Crippen molar-refractivity contribution >= 4 is 33.0 Å². The van der Waals surface area contributed by atoms with Gasteiger partial charge in [0.15, 0.2) is 0 Å². The van der Waals surface area contributed by atoms with Crippen molar-refractivity contribution < 1.29 is 0 Å². The van der Waals surface area contributed by atoms with Crippen LogP contribution in [0.4, 0.5) is 0 Å². The number of pyridine rings is 2. The predicted molar refractivity (Wildman–Crippen MR) is 71.1 cm³/mol. The summed E-state index contributed by atoms with van der Waals surface area (Å²) in [5.41, 5.74) is 1.99. The summed E-state index contributed by atoms with van der Waals surface area (Å²) in [6.07, 6.45) is 5.34. The highest BCUT2D eigenvalue weighted by Crippen LogP contribution is 2.27. The Morgan fingerprint density at radius 1 is 1.12 bits per heavy atom. The minimum atomic E-state index is 0.678. The summed E-state index contributed by atoms with van der Waals surface area (Å²) < 4.78 is 2.77. The van der Waals surface area contributed by atoms with E-state index in [1.54, 1.807) is 12.4 Å². The molecule has 84 valence electrons. The first-order valence-corrected chi connectivity index (χ1v) is 6.16. The van der Waals surface area contributed by atoms with Crippen molar-refractivity contribution in [3.63, 3.8) is 0 Å². The van der Waals surface area contributed by atoms with E-state index < -0.39 is 0 Å². The van der Waals surface area contributed by atoms with Crippen LogP contribution in [-0.4, -0.2) is 14.4 Å². The molecule has 0 aliphatic rings. The lowest BCUT2D eigenvalue weighted by atomic mass is 10.2. The SMILES string of the molecule is Clc1ccc2c(Br)nc(-c3ccncc3)n2c1. The van der Waals surface area contributed by atoms with Gasteiger partial charge in [0.2, 0.25) is 0 Å². The minimum absolute atomic E-state index is 0.678. The van der Waals surface area contributed by atoms with Gasteiger partial charge < -0.3 is 0 Å². The zero-order valence-electron chi connectivity index (χ0n) is 8.64. The molecule has 0 radical (unpaired) electrons. The van der Waals surface area contributed by atoms with Crippen molar-refractivity contribution in [2.24, 2.45) is 0 Å². The average Bonchev–Trinajstić information content (AvgIpc) is 2.67. The Balaban J connectivity index is 2.34.